The third kappa shape index (κ3) is 4.35. The van der Waals surface area contributed by atoms with Gasteiger partial charge >= 0.3 is 0 Å². The van der Waals surface area contributed by atoms with Gasteiger partial charge in [-0.15, -0.1) is 11.3 Å². The molecule has 1 amide bonds. The zero-order valence-electron chi connectivity index (χ0n) is 15.8. The van der Waals surface area contributed by atoms with E-state index in [1.165, 1.54) is 29.3 Å². The first-order valence-corrected chi connectivity index (χ1v) is 10.2. The number of carbonyl (C=O) groups is 1. The molecular weight excluding hydrogens is 400 g/mol. The van der Waals surface area contributed by atoms with E-state index < -0.39 is 18.0 Å². The van der Waals surface area contributed by atoms with E-state index in [4.69, 9.17) is 0 Å². The van der Waals surface area contributed by atoms with Gasteiger partial charge in [0.25, 0.3) is 12.3 Å². The van der Waals surface area contributed by atoms with Crippen molar-refractivity contribution in [3.05, 3.63) is 29.0 Å². The van der Waals surface area contributed by atoms with Gasteiger partial charge in [-0.1, -0.05) is 6.42 Å². The van der Waals surface area contributed by atoms with Crippen LogP contribution in [0.25, 0.3) is 10.3 Å². The summed E-state index contributed by atoms with van der Waals surface area (Å²) in [5.74, 6) is 0.0713. The van der Waals surface area contributed by atoms with Gasteiger partial charge in [0, 0.05) is 31.2 Å². The Labute approximate surface area is 169 Å². The molecular formula is C18H21F2N7OS. The van der Waals surface area contributed by atoms with Crippen molar-refractivity contribution in [2.45, 2.75) is 31.7 Å². The van der Waals surface area contributed by atoms with Gasteiger partial charge in [0.15, 0.2) is 5.69 Å². The molecule has 4 heterocycles. The number of aromatic nitrogens is 4. The molecule has 3 N–H and O–H groups in total. The molecule has 0 bridgehead atoms. The Morgan fingerprint density at radius 2 is 2.28 bits per heavy atom. The maximum absolute atomic E-state index is 13.1. The van der Waals surface area contributed by atoms with Crippen molar-refractivity contribution in [1.29, 1.82) is 0 Å². The first-order valence-electron chi connectivity index (χ1n) is 9.36. The monoisotopic (exact) mass is 421 g/mol. The third-order valence-corrected chi connectivity index (χ3v) is 5.61. The summed E-state index contributed by atoms with van der Waals surface area (Å²) < 4.78 is 27.5. The highest BCUT2D eigenvalue weighted by atomic mass is 32.1. The Morgan fingerprint density at radius 1 is 1.41 bits per heavy atom. The number of rotatable bonds is 5. The van der Waals surface area contributed by atoms with Gasteiger partial charge in [0.1, 0.15) is 16.2 Å². The number of nitrogens with zero attached hydrogens (tertiary/aromatic N) is 4. The molecule has 4 rings (SSSR count). The second-order valence-electron chi connectivity index (χ2n) is 6.96. The number of fused-ring (bicyclic) bond motifs is 1. The number of nitrogens with one attached hydrogen (secondary N) is 3. The molecule has 1 atom stereocenters. The Bertz CT molecular complexity index is 1010. The van der Waals surface area contributed by atoms with Gasteiger partial charge in [-0.3, -0.25) is 9.48 Å². The SMILES string of the molecule is Cn1cc(NC(=O)c2csc3ncc(NC4CCCCNC4)nc23)c(C(F)F)n1. The predicted octanol–water partition coefficient (Wildman–Crippen LogP) is 3.17. The minimum absolute atomic E-state index is 0.0152. The maximum atomic E-state index is 13.1. The summed E-state index contributed by atoms with van der Waals surface area (Å²) in [6, 6.07) is 0.240. The lowest BCUT2D eigenvalue weighted by Gasteiger charge is -2.16. The van der Waals surface area contributed by atoms with Crippen LogP contribution in [0.15, 0.2) is 17.8 Å². The van der Waals surface area contributed by atoms with Crippen LogP contribution in [0, 0.1) is 0 Å². The van der Waals surface area contributed by atoms with E-state index >= 15 is 0 Å². The van der Waals surface area contributed by atoms with Crippen molar-refractivity contribution < 1.29 is 13.6 Å². The van der Waals surface area contributed by atoms with Crippen LogP contribution in [0.4, 0.5) is 20.3 Å². The molecule has 8 nitrogen and oxygen atoms in total. The normalized spacial score (nSPS) is 17.4. The van der Waals surface area contributed by atoms with Crippen LogP contribution in [0.1, 0.15) is 41.7 Å². The summed E-state index contributed by atoms with van der Waals surface area (Å²) in [6.07, 6.45) is 3.53. The van der Waals surface area contributed by atoms with Gasteiger partial charge in [-0.05, 0) is 19.4 Å². The number of thiophene rings is 1. The minimum Gasteiger partial charge on any atom is -0.365 e. The van der Waals surface area contributed by atoms with Gasteiger partial charge in [-0.25, -0.2) is 18.7 Å². The number of aryl methyl sites for hydroxylation is 1. The summed E-state index contributed by atoms with van der Waals surface area (Å²) in [5, 5.41) is 14.6. The largest absolute Gasteiger partial charge is 0.365 e. The number of amides is 1. The number of alkyl halides is 2. The van der Waals surface area contributed by atoms with E-state index in [2.05, 4.69) is 31.0 Å². The molecule has 1 aliphatic rings. The number of hydrogen-bond acceptors (Lipinski definition) is 7. The van der Waals surface area contributed by atoms with Crippen molar-refractivity contribution in [1.82, 2.24) is 25.1 Å². The molecule has 3 aromatic heterocycles. The fourth-order valence-corrected chi connectivity index (χ4v) is 4.17. The molecule has 1 fully saturated rings. The summed E-state index contributed by atoms with van der Waals surface area (Å²) in [7, 11) is 1.52. The summed E-state index contributed by atoms with van der Waals surface area (Å²) in [4.78, 5) is 22.3. The fourth-order valence-electron chi connectivity index (χ4n) is 3.35. The summed E-state index contributed by atoms with van der Waals surface area (Å²) in [6.45, 7) is 1.85. The Morgan fingerprint density at radius 3 is 3.10 bits per heavy atom. The lowest BCUT2D eigenvalue weighted by Crippen LogP contribution is -2.31. The van der Waals surface area contributed by atoms with Crippen molar-refractivity contribution >= 4 is 39.1 Å². The topological polar surface area (TPSA) is 96.8 Å². The zero-order chi connectivity index (χ0) is 20.4. The fraction of sp³-hybridized carbons (Fsp3) is 0.444. The van der Waals surface area contributed by atoms with Gasteiger partial charge in [0.05, 0.1) is 17.4 Å². The van der Waals surface area contributed by atoms with Crippen LogP contribution >= 0.6 is 11.3 Å². The predicted molar refractivity (Wildman–Crippen MR) is 108 cm³/mol. The number of anilines is 2. The van der Waals surface area contributed by atoms with Crippen LogP contribution in [-0.4, -0.2) is 44.8 Å². The first-order chi connectivity index (χ1) is 14.0. The maximum Gasteiger partial charge on any atom is 0.284 e. The number of halogens is 2. The van der Waals surface area contributed by atoms with Crippen molar-refractivity contribution in [2.24, 2.45) is 7.05 Å². The lowest BCUT2D eigenvalue weighted by atomic mass is 10.1. The minimum atomic E-state index is -2.78. The molecule has 0 spiro atoms. The smallest absolute Gasteiger partial charge is 0.284 e. The molecule has 29 heavy (non-hydrogen) atoms. The Balaban J connectivity index is 1.56. The van der Waals surface area contributed by atoms with Gasteiger partial charge < -0.3 is 16.0 Å². The van der Waals surface area contributed by atoms with E-state index in [0.717, 1.165) is 32.4 Å². The highest BCUT2D eigenvalue weighted by molar-refractivity contribution is 7.17. The molecule has 0 radical (unpaired) electrons. The standard InChI is InChI=1S/C18H21F2N7OS/c1-27-8-12(15(26-27)16(19)20)24-17(28)11-9-29-18-14(11)25-13(7-22-18)23-10-4-2-3-5-21-6-10/h7-10,16,21H,2-6H2,1H3,(H,23,25)(H,24,28). The van der Waals surface area contributed by atoms with Crippen molar-refractivity contribution in [2.75, 3.05) is 23.7 Å². The van der Waals surface area contributed by atoms with Crippen LogP contribution in [0.2, 0.25) is 0 Å². The molecule has 3 aromatic rings. The van der Waals surface area contributed by atoms with E-state index in [9.17, 15) is 13.6 Å². The highest BCUT2D eigenvalue weighted by Crippen LogP contribution is 2.28. The van der Waals surface area contributed by atoms with Crippen LogP contribution in [0.5, 0.6) is 0 Å². The second-order valence-corrected chi connectivity index (χ2v) is 7.81. The Hall–Kier alpha value is -2.66. The summed E-state index contributed by atoms with van der Waals surface area (Å²) in [5.41, 5.74) is 0.263. The van der Waals surface area contributed by atoms with Crippen LogP contribution in [-0.2, 0) is 7.05 Å². The Kier molecular flexibility index (Phi) is 5.67. The van der Waals surface area contributed by atoms with Crippen LogP contribution < -0.4 is 16.0 Å². The van der Waals surface area contributed by atoms with Gasteiger partial charge in [0.2, 0.25) is 0 Å². The van der Waals surface area contributed by atoms with Crippen molar-refractivity contribution in [3.8, 4) is 0 Å². The summed E-state index contributed by atoms with van der Waals surface area (Å²) >= 11 is 1.28. The molecule has 1 saturated heterocycles. The molecule has 11 heteroatoms. The van der Waals surface area contributed by atoms with Gasteiger partial charge in [-0.2, -0.15) is 5.10 Å². The third-order valence-electron chi connectivity index (χ3n) is 4.74. The second kappa shape index (κ2) is 8.37. The quantitative estimate of drug-likeness (QED) is 0.586. The average molecular weight is 421 g/mol. The molecule has 0 aromatic carbocycles. The van der Waals surface area contributed by atoms with E-state index in [1.807, 2.05) is 0 Å². The van der Waals surface area contributed by atoms with E-state index in [-0.39, 0.29) is 11.7 Å². The van der Waals surface area contributed by atoms with Crippen molar-refractivity contribution in [3.63, 3.8) is 0 Å². The van der Waals surface area contributed by atoms with Crippen LogP contribution in [0.3, 0.4) is 0 Å². The van der Waals surface area contributed by atoms with E-state index in [1.54, 1.807) is 11.6 Å². The highest BCUT2D eigenvalue weighted by Gasteiger charge is 2.22. The molecule has 1 aliphatic heterocycles. The molecule has 1 unspecified atom stereocenters. The molecule has 154 valence electrons. The first kappa shape index (κ1) is 19.6. The number of hydrogen-bond donors (Lipinski definition) is 3. The van der Waals surface area contributed by atoms with E-state index in [0.29, 0.717) is 21.7 Å². The zero-order valence-corrected chi connectivity index (χ0v) is 16.6. The lowest BCUT2D eigenvalue weighted by molar-refractivity contribution is 0.102. The molecule has 0 aliphatic carbocycles. The average Bonchev–Trinajstić information content (AvgIpc) is 3.17. The molecule has 0 saturated carbocycles. The number of carbonyl (C=O) groups excluding carboxylic acids is 1.